The zero-order valence-electron chi connectivity index (χ0n) is 22.5. The number of esters is 1. The first-order valence-electron chi connectivity index (χ1n) is 13.6. The Kier molecular flexibility index (Phi) is 11.7. The van der Waals surface area contributed by atoms with Crippen LogP contribution in [0.5, 0.6) is 0 Å². The van der Waals surface area contributed by atoms with E-state index < -0.39 is 5.60 Å². The monoisotopic (exact) mass is 620 g/mol. The van der Waals surface area contributed by atoms with Crippen molar-refractivity contribution in [3.05, 3.63) is 47.9 Å². The summed E-state index contributed by atoms with van der Waals surface area (Å²) in [5.41, 5.74) is 1.78. The van der Waals surface area contributed by atoms with Crippen molar-refractivity contribution in [3.63, 3.8) is 0 Å². The normalized spacial score (nSPS) is 15.0. The maximum atomic E-state index is 12.5. The SMILES string of the molecule is CC(C)(C)OC(=O)CCCC=C(I)c1ccc(-c2nc(C(=O)NCCCCC3CCCCC3)co2)cc1. The molecule has 7 heteroatoms. The van der Waals surface area contributed by atoms with E-state index in [1.807, 2.05) is 45.0 Å². The van der Waals surface area contributed by atoms with E-state index in [0.29, 0.717) is 24.6 Å². The summed E-state index contributed by atoms with van der Waals surface area (Å²) in [5, 5.41) is 2.97. The Morgan fingerprint density at radius 2 is 1.84 bits per heavy atom. The third-order valence-electron chi connectivity index (χ3n) is 6.52. The Morgan fingerprint density at radius 3 is 2.54 bits per heavy atom. The molecular weight excluding hydrogens is 579 g/mol. The first-order chi connectivity index (χ1) is 17.7. The van der Waals surface area contributed by atoms with Crippen LogP contribution in [0.25, 0.3) is 15.0 Å². The van der Waals surface area contributed by atoms with Crippen LogP contribution >= 0.6 is 22.6 Å². The van der Waals surface area contributed by atoms with Crippen LogP contribution in [0.15, 0.2) is 41.0 Å². The van der Waals surface area contributed by atoms with Gasteiger partial charge in [-0.2, -0.15) is 0 Å². The maximum absolute atomic E-state index is 12.5. The number of nitrogens with one attached hydrogen (secondary N) is 1. The van der Waals surface area contributed by atoms with E-state index in [-0.39, 0.29) is 11.9 Å². The molecule has 1 N–H and O–H groups in total. The lowest BCUT2D eigenvalue weighted by Gasteiger charge is -2.21. The van der Waals surface area contributed by atoms with E-state index in [9.17, 15) is 9.59 Å². The molecule has 0 aliphatic heterocycles. The van der Waals surface area contributed by atoms with Crippen LogP contribution in [-0.4, -0.2) is 29.0 Å². The number of ether oxygens (including phenoxy) is 1. The number of rotatable bonds is 12. The van der Waals surface area contributed by atoms with Crippen molar-refractivity contribution in [3.8, 4) is 11.5 Å². The molecule has 0 radical (unpaired) electrons. The second-order valence-corrected chi connectivity index (χ2v) is 12.1. The maximum Gasteiger partial charge on any atom is 0.306 e. The quantitative estimate of drug-likeness (QED) is 0.147. The highest BCUT2D eigenvalue weighted by molar-refractivity contribution is 14.1. The van der Waals surface area contributed by atoms with E-state index >= 15 is 0 Å². The highest BCUT2D eigenvalue weighted by Gasteiger charge is 2.16. The van der Waals surface area contributed by atoms with Crippen LogP contribution < -0.4 is 5.32 Å². The van der Waals surface area contributed by atoms with Gasteiger partial charge in [0, 0.05) is 22.1 Å². The summed E-state index contributed by atoms with van der Waals surface area (Å²) in [7, 11) is 0. The number of hydrogen-bond acceptors (Lipinski definition) is 5. The summed E-state index contributed by atoms with van der Waals surface area (Å²) in [4.78, 5) is 28.7. The third kappa shape index (κ3) is 10.6. The minimum atomic E-state index is -0.440. The van der Waals surface area contributed by atoms with Crippen molar-refractivity contribution in [1.29, 1.82) is 0 Å². The second-order valence-electron chi connectivity index (χ2n) is 10.9. The molecule has 0 atom stereocenters. The lowest BCUT2D eigenvalue weighted by molar-refractivity contribution is -0.154. The van der Waals surface area contributed by atoms with Gasteiger partial charge in [-0.3, -0.25) is 9.59 Å². The lowest BCUT2D eigenvalue weighted by atomic mass is 9.86. The molecule has 1 heterocycles. The van der Waals surface area contributed by atoms with E-state index in [2.05, 4.69) is 39.0 Å². The van der Waals surface area contributed by atoms with E-state index in [4.69, 9.17) is 9.15 Å². The molecule has 0 bridgehead atoms. The van der Waals surface area contributed by atoms with Gasteiger partial charge in [-0.1, -0.05) is 63.2 Å². The van der Waals surface area contributed by atoms with Crippen molar-refractivity contribution in [2.75, 3.05) is 6.54 Å². The molecule has 3 rings (SSSR count). The van der Waals surface area contributed by atoms with Crippen molar-refractivity contribution < 1.29 is 18.7 Å². The highest BCUT2D eigenvalue weighted by atomic mass is 127. The van der Waals surface area contributed by atoms with Gasteiger partial charge in [-0.05, 0) is 86.2 Å². The molecule has 6 nitrogen and oxygen atoms in total. The number of oxazole rings is 1. The molecule has 0 saturated heterocycles. The van der Waals surface area contributed by atoms with E-state index in [1.165, 1.54) is 51.2 Å². The van der Waals surface area contributed by atoms with Gasteiger partial charge in [0.1, 0.15) is 11.9 Å². The Morgan fingerprint density at radius 1 is 1.11 bits per heavy atom. The van der Waals surface area contributed by atoms with E-state index in [0.717, 1.165) is 39.9 Å². The van der Waals surface area contributed by atoms with Gasteiger partial charge < -0.3 is 14.5 Å². The third-order valence-corrected chi connectivity index (χ3v) is 7.59. The Balaban J connectivity index is 1.41. The van der Waals surface area contributed by atoms with Crippen molar-refractivity contribution >= 4 is 38.0 Å². The summed E-state index contributed by atoms with van der Waals surface area (Å²) >= 11 is 2.31. The minimum absolute atomic E-state index is 0.158. The van der Waals surface area contributed by atoms with Crippen molar-refractivity contribution in [1.82, 2.24) is 10.3 Å². The zero-order chi connectivity index (χ0) is 26.7. The lowest BCUT2D eigenvalue weighted by Crippen LogP contribution is -2.24. The predicted molar refractivity (Wildman–Crippen MR) is 156 cm³/mol. The van der Waals surface area contributed by atoms with Crippen LogP contribution in [-0.2, 0) is 9.53 Å². The summed E-state index contributed by atoms with van der Waals surface area (Å²) in [6.07, 6.45) is 15.9. The zero-order valence-corrected chi connectivity index (χ0v) is 24.6. The van der Waals surface area contributed by atoms with Crippen LogP contribution in [0.1, 0.15) is 107 Å². The van der Waals surface area contributed by atoms with Crippen molar-refractivity contribution in [2.24, 2.45) is 5.92 Å². The molecule has 202 valence electrons. The molecule has 1 aromatic carbocycles. The van der Waals surface area contributed by atoms with Crippen LogP contribution in [0.2, 0.25) is 0 Å². The fraction of sp³-hybridized carbons (Fsp3) is 0.567. The molecule has 0 spiro atoms. The minimum Gasteiger partial charge on any atom is -0.460 e. The Labute approximate surface area is 235 Å². The average molecular weight is 621 g/mol. The first kappa shape index (κ1) is 29.4. The molecule has 2 aromatic rings. The summed E-state index contributed by atoms with van der Waals surface area (Å²) in [5.74, 6) is 0.976. The fourth-order valence-corrected chi connectivity index (χ4v) is 5.27. The van der Waals surface area contributed by atoms with Gasteiger partial charge >= 0.3 is 5.97 Å². The molecular formula is C30H41IN2O4. The summed E-state index contributed by atoms with van der Waals surface area (Å²) < 4.78 is 12.0. The van der Waals surface area contributed by atoms with Crippen LogP contribution in [0.3, 0.4) is 0 Å². The Bertz CT molecular complexity index is 1030. The largest absolute Gasteiger partial charge is 0.460 e. The number of carbonyl (C=O) groups excluding carboxylic acids is 2. The van der Waals surface area contributed by atoms with E-state index in [1.54, 1.807) is 0 Å². The number of allylic oxidation sites excluding steroid dienone is 1. The number of amides is 1. The van der Waals surface area contributed by atoms with Gasteiger partial charge in [-0.25, -0.2) is 4.98 Å². The average Bonchev–Trinajstić information content (AvgIpc) is 3.36. The number of carbonyl (C=O) groups is 2. The van der Waals surface area contributed by atoms with Gasteiger partial charge in [0.2, 0.25) is 5.89 Å². The standard InChI is InChI=1S/C30H41IN2O4/c1-30(2,3)37-27(34)15-8-7-14-25(31)23-16-18-24(19-17-23)29-33-26(21-36-29)28(35)32-20-10-9-13-22-11-5-4-6-12-22/h14,16-19,21-22H,4-13,15,20H2,1-3H3,(H,32,35). The molecule has 1 fully saturated rings. The van der Waals surface area contributed by atoms with Gasteiger partial charge in [0.05, 0.1) is 0 Å². The predicted octanol–water partition coefficient (Wildman–Crippen LogP) is 8.11. The van der Waals surface area contributed by atoms with Gasteiger partial charge in [0.15, 0.2) is 5.69 Å². The summed E-state index contributed by atoms with van der Waals surface area (Å²) in [6, 6.07) is 7.91. The molecule has 0 unspecified atom stereocenters. The number of nitrogens with zero attached hydrogens (tertiary/aromatic N) is 1. The highest BCUT2D eigenvalue weighted by Crippen LogP contribution is 2.28. The Hall–Kier alpha value is -2.16. The van der Waals surface area contributed by atoms with Crippen molar-refractivity contribution in [2.45, 2.75) is 97.0 Å². The molecule has 1 aliphatic rings. The van der Waals surface area contributed by atoms with Crippen LogP contribution in [0, 0.1) is 5.92 Å². The number of aromatic nitrogens is 1. The molecule has 1 amide bonds. The number of halogens is 1. The molecule has 37 heavy (non-hydrogen) atoms. The number of benzene rings is 1. The van der Waals surface area contributed by atoms with Gasteiger partial charge in [0.25, 0.3) is 5.91 Å². The molecule has 1 aliphatic carbocycles. The van der Waals surface area contributed by atoms with Crippen LogP contribution in [0.4, 0.5) is 0 Å². The topological polar surface area (TPSA) is 81.4 Å². The van der Waals surface area contributed by atoms with Gasteiger partial charge in [-0.15, -0.1) is 0 Å². The number of unbranched alkanes of at least 4 members (excludes halogenated alkanes) is 2. The smallest absolute Gasteiger partial charge is 0.306 e. The number of hydrogen-bond donors (Lipinski definition) is 1. The first-order valence-corrected chi connectivity index (χ1v) is 14.7. The summed E-state index contributed by atoms with van der Waals surface area (Å²) in [6.45, 7) is 6.31. The molecule has 1 aromatic heterocycles. The fourth-order valence-electron chi connectivity index (χ4n) is 4.59. The second kappa shape index (κ2) is 14.7. The molecule has 1 saturated carbocycles.